The van der Waals surface area contributed by atoms with Gasteiger partial charge in [-0.05, 0) is 37.0 Å². The second-order valence-electron chi connectivity index (χ2n) is 4.71. The van der Waals surface area contributed by atoms with Gasteiger partial charge < -0.3 is 14.8 Å². The van der Waals surface area contributed by atoms with Crippen molar-refractivity contribution in [2.45, 2.75) is 33.1 Å². The van der Waals surface area contributed by atoms with Crippen molar-refractivity contribution in [1.29, 1.82) is 0 Å². The van der Waals surface area contributed by atoms with Crippen molar-refractivity contribution in [1.82, 2.24) is 0 Å². The molecule has 0 aliphatic rings. The van der Waals surface area contributed by atoms with Gasteiger partial charge in [0, 0.05) is 25.8 Å². The molecule has 1 aromatic rings. The number of aryl methyl sites for hydroxylation is 1. The molecule has 0 aliphatic heterocycles. The maximum atomic E-state index is 11.0. The SMILES string of the molecule is CCCOCCOCCCc1cccc(NC(C)=O)c1. The van der Waals surface area contributed by atoms with E-state index in [0.29, 0.717) is 13.2 Å². The van der Waals surface area contributed by atoms with E-state index >= 15 is 0 Å². The fraction of sp³-hybridized carbons (Fsp3) is 0.562. The molecule has 0 spiro atoms. The monoisotopic (exact) mass is 279 g/mol. The van der Waals surface area contributed by atoms with Gasteiger partial charge in [-0.25, -0.2) is 0 Å². The molecule has 0 saturated heterocycles. The van der Waals surface area contributed by atoms with Crippen LogP contribution in [-0.4, -0.2) is 32.3 Å². The first kappa shape index (κ1) is 16.7. The Bertz CT molecular complexity index is 393. The number of carbonyl (C=O) groups is 1. The molecule has 0 aliphatic carbocycles. The molecule has 0 atom stereocenters. The van der Waals surface area contributed by atoms with Crippen molar-refractivity contribution >= 4 is 11.6 Å². The first-order valence-corrected chi connectivity index (χ1v) is 7.24. The lowest BCUT2D eigenvalue weighted by Crippen LogP contribution is -2.07. The van der Waals surface area contributed by atoms with Crippen molar-refractivity contribution in [2.75, 3.05) is 31.7 Å². The number of nitrogens with one attached hydrogen (secondary N) is 1. The van der Waals surface area contributed by atoms with E-state index in [1.165, 1.54) is 12.5 Å². The molecular weight excluding hydrogens is 254 g/mol. The van der Waals surface area contributed by atoms with Crippen LogP contribution in [0.2, 0.25) is 0 Å². The van der Waals surface area contributed by atoms with Crippen LogP contribution >= 0.6 is 0 Å². The summed E-state index contributed by atoms with van der Waals surface area (Å²) < 4.78 is 10.8. The van der Waals surface area contributed by atoms with E-state index < -0.39 is 0 Å². The first-order chi connectivity index (χ1) is 9.72. The van der Waals surface area contributed by atoms with Crippen LogP contribution < -0.4 is 5.32 Å². The smallest absolute Gasteiger partial charge is 0.221 e. The second kappa shape index (κ2) is 10.4. The van der Waals surface area contributed by atoms with E-state index in [-0.39, 0.29) is 5.91 Å². The van der Waals surface area contributed by atoms with Crippen LogP contribution in [0.5, 0.6) is 0 Å². The summed E-state index contributed by atoms with van der Waals surface area (Å²) >= 11 is 0. The molecule has 0 unspecified atom stereocenters. The Kier molecular flexibility index (Phi) is 8.67. The maximum absolute atomic E-state index is 11.0. The molecule has 0 heterocycles. The van der Waals surface area contributed by atoms with Crippen LogP contribution in [0.3, 0.4) is 0 Å². The summed E-state index contributed by atoms with van der Waals surface area (Å²) in [7, 11) is 0. The predicted molar refractivity (Wildman–Crippen MR) is 81.0 cm³/mol. The number of benzene rings is 1. The molecular formula is C16H25NO3. The van der Waals surface area contributed by atoms with Crippen LogP contribution in [-0.2, 0) is 20.7 Å². The molecule has 20 heavy (non-hydrogen) atoms. The van der Waals surface area contributed by atoms with Gasteiger partial charge in [0.25, 0.3) is 0 Å². The van der Waals surface area contributed by atoms with Gasteiger partial charge in [-0.2, -0.15) is 0 Å². The minimum absolute atomic E-state index is 0.0439. The summed E-state index contributed by atoms with van der Waals surface area (Å²) in [6, 6.07) is 7.92. The number of hydrogen-bond donors (Lipinski definition) is 1. The standard InChI is InChI=1S/C16H25NO3/c1-3-9-19-11-12-20-10-5-7-15-6-4-8-16(13-15)17-14(2)18/h4,6,8,13H,3,5,7,9-12H2,1-2H3,(H,17,18). The van der Waals surface area contributed by atoms with Gasteiger partial charge in [0.05, 0.1) is 13.2 Å². The topological polar surface area (TPSA) is 47.6 Å². The zero-order valence-corrected chi connectivity index (χ0v) is 12.5. The van der Waals surface area contributed by atoms with Gasteiger partial charge >= 0.3 is 0 Å². The largest absolute Gasteiger partial charge is 0.379 e. The van der Waals surface area contributed by atoms with E-state index in [0.717, 1.165) is 38.2 Å². The Morgan fingerprint density at radius 1 is 1.15 bits per heavy atom. The lowest BCUT2D eigenvalue weighted by Gasteiger charge is -2.07. The van der Waals surface area contributed by atoms with Crippen LogP contribution in [0.25, 0.3) is 0 Å². The van der Waals surface area contributed by atoms with Crippen LogP contribution in [0.4, 0.5) is 5.69 Å². The Morgan fingerprint density at radius 2 is 1.90 bits per heavy atom. The summed E-state index contributed by atoms with van der Waals surface area (Å²) in [6.07, 6.45) is 2.96. The number of anilines is 1. The summed E-state index contributed by atoms with van der Waals surface area (Å²) in [4.78, 5) is 11.0. The molecule has 1 N–H and O–H groups in total. The minimum Gasteiger partial charge on any atom is -0.379 e. The first-order valence-electron chi connectivity index (χ1n) is 7.24. The highest BCUT2D eigenvalue weighted by molar-refractivity contribution is 5.88. The van der Waals surface area contributed by atoms with Gasteiger partial charge in [-0.1, -0.05) is 19.1 Å². The third-order valence-electron chi connectivity index (χ3n) is 2.72. The molecule has 0 radical (unpaired) electrons. The third kappa shape index (κ3) is 7.92. The van der Waals surface area contributed by atoms with E-state index in [4.69, 9.17) is 9.47 Å². The van der Waals surface area contributed by atoms with Gasteiger partial charge in [0.15, 0.2) is 0 Å². The lowest BCUT2D eigenvalue weighted by atomic mass is 10.1. The Balaban J connectivity index is 2.14. The molecule has 1 amide bonds. The molecule has 0 saturated carbocycles. The Morgan fingerprint density at radius 3 is 2.60 bits per heavy atom. The van der Waals surface area contributed by atoms with E-state index in [9.17, 15) is 4.79 Å². The summed E-state index contributed by atoms with van der Waals surface area (Å²) in [5.74, 6) is -0.0439. The molecule has 112 valence electrons. The van der Waals surface area contributed by atoms with Crippen LogP contribution in [0.1, 0.15) is 32.3 Å². The predicted octanol–water partition coefficient (Wildman–Crippen LogP) is 3.02. The van der Waals surface area contributed by atoms with Crippen molar-refractivity contribution in [2.24, 2.45) is 0 Å². The summed E-state index contributed by atoms with van der Waals surface area (Å²) in [6.45, 7) is 6.48. The highest BCUT2D eigenvalue weighted by atomic mass is 16.5. The van der Waals surface area contributed by atoms with E-state index in [1.54, 1.807) is 0 Å². The number of carbonyl (C=O) groups excluding carboxylic acids is 1. The molecule has 0 fully saturated rings. The Hall–Kier alpha value is -1.39. The molecule has 1 rings (SSSR count). The van der Waals surface area contributed by atoms with Crippen LogP contribution in [0.15, 0.2) is 24.3 Å². The molecule has 0 bridgehead atoms. The second-order valence-corrected chi connectivity index (χ2v) is 4.71. The highest BCUT2D eigenvalue weighted by Crippen LogP contribution is 2.12. The number of amides is 1. The molecule has 1 aromatic carbocycles. The van der Waals surface area contributed by atoms with Crippen molar-refractivity contribution in [3.63, 3.8) is 0 Å². The molecule has 4 nitrogen and oxygen atoms in total. The fourth-order valence-electron chi connectivity index (χ4n) is 1.85. The van der Waals surface area contributed by atoms with Gasteiger partial charge in [-0.3, -0.25) is 4.79 Å². The maximum Gasteiger partial charge on any atom is 0.221 e. The normalized spacial score (nSPS) is 10.5. The summed E-state index contributed by atoms with van der Waals surface area (Å²) in [5, 5.41) is 2.79. The van der Waals surface area contributed by atoms with Gasteiger partial charge in [-0.15, -0.1) is 0 Å². The van der Waals surface area contributed by atoms with Gasteiger partial charge in [0.1, 0.15) is 0 Å². The fourth-order valence-corrected chi connectivity index (χ4v) is 1.85. The molecule has 4 heteroatoms. The number of ether oxygens (including phenoxy) is 2. The summed E-state index contributed by atoms with van der Waals surface area (Å²) in [5.41, 5.74) is 2.06. The molecule has 0 aromatic heterocycles. The van der Waals surface area contributed by atoms with E-state index in [2.05, 4.69) is 18.3 Å². The number of rotatable bonds is 10. The third-order valence-corrected chi connectivity index (χ3v) is 2.72. The zero-order valence-electron chi connectivity index (χ0n) is 12.5. The average molecular weight is 279 g/mol. The van der Waals surface area contributed by atoms with Crippen LogP contribution in [0, 0.1) is 0 Å². The van der Waals surface area contributed by atoms with E-state index in [1.807, 2.05) is 18.2 Å². The average Bonchev–Trinajstić information content (AvgIpc) is 2.41. The zero-order chi connectivity index (χ0) is 14.6. The number of hydrogen-bond acceptors (Lipinski definition) is 3. The highest BCUT2D eigenvalue weighted by Gasteiger charge is 1.98. The quantitative estimate of drug-likeness (QED) is 0.670. The van der Waals surface area contributed by atoms with Crippen molar-refractivity contribution in [3.8, 4) is 0 Å². The minimum atomic E-state index is -0.0439. The Labute approximate surface area is 121 Å². The van der Waals surface area contributed by atoms with Crippen molar-refractivity contribution < 1.29 is 14.3 Å². The van der Waals surface area contributed by atoms with Gasteiger partial charge in [0.2, 0.25) is 5.91 Å². The van der Waals surface area contributed by atoms with Crippen molar-refractivity contribution in [3.05, 3.63) is 29.8 Å². The lowest BCUT2D eigenvalue weighted by molar-refractivity contribution is -0.114.